The molecule has 2 atom stereocenters. The fourth-order valence-electron chi connectivity index (χ4n) is 5.33. The topological polar surface area (TPSA) is 105 Å². The molecule has 2 unspecified atom stereocenters. The second kappa shape index (κ2) is 10.5. The van der Waals surface area contributed by atoms with Gasteiger partial charge in [-0.25, -0.2) is 9.59 Å². The monoisotopic (exact) mass is 478 g/mol. The number of benzene rings is 2. The molecular formula is C28H34N2O5. The van der Waals surface area contributed by atoms with Crippen molar-refractivity contribution in [2.45, 2.75) is 69.9 Å². The standard InChI is InChI=1S/C28H34N2O5/c1-3-18(2)24(25(31)30-28(26(32)33)15-9-4-10-16-28)29-27(34)35-17-23-21-13-7-5-11-19(21)20-12-6-8-14-22(20)23/h5-8,11-14,18,23-24H,3-4,9-10,15-17H2,1-2H3,(H,29,34)(H,30,31)(H,32,33). The van der Waals surface area contributed by atoms with Crippen LogP contribution in [-0.2, 0) is 14.3 Å². The zero-order chi connectivity index (χ0) is 25.0. The summed E-state index contributed by atoms with van der Waals surface area (Å²) < 4.78 is 5.63. The van der Waals surface area contributed by atoms with Gasteiger partial charge >= 0.3 is 12.1 Å². The zero-order valence-electron chi connectivity index (χ0n) is 20.4. The van der Waals surface area contributed by atoms with Crippen LogP contribution < -0.4 is 10.6 Å². The molecule has 2 aromatic carbocycles. The lowest BCUT2D eigenvalue weighted by Crippen LogP contribution is -2.61. The Balaban J connectivity index is 1.44. The molecule has 35 heavy (non-hydrogen) atoms. The van der Waals surface area contributed by atoms with Crippen LogP contribution in [0.4, 0.5) is 4.79 Å². The quantitative estimate of drug-likeness (QED) is 0.503. The van der Waals surface area contributed by atoms with Gasteiger partial charge in [0.1, 0.15) is 18.2 Å². The molecule has 0 heterocycles. The van der Waals surface area contributed by atoms with Crippen molar-refractivity contribution >= 4 is 18.0 Å². The SMILES string of the molecule is CCC(C)C(NC(=O)OCC1c2ccccc2-c2ccccc21)C(=O)NC1(C(=O)O)CCCCC1. The number of amides is 2. The number of fused-ring (bicyclic) bond motifs is 3. The number of carboxylic acids is 1. The van der Waals surface area contributed by atoms with Crippen LogP contribution >= 0.6 is 0 Å². The molecule has 7 heteroatoms. The average molecular weight is 479 g/mol. The van der Waals surface area contributed by atoms with Gasteiger partial charge in [0.2, 0.25) is 5.91 Å². The third-order valence-corrected chi connectivity index (χ3v) is 7.59. The third kappa shape index (κ3) is 5.04. The largest absolute Gasteiger partial charge is 0.480 e. The molecule has 2 aliphatic rings. The summed E-state index contributed by atoms with van der Waals surface area (Å²) in [4.78, 5) is 38.1. The first-order valence-corrected chi connectivity index (χ1v) is 12.5. The highest BCUT2D eigenvalue weighted by atomic mass is 16.5. The number of alkyl carbamates (subject to hydrolysis) is 1. The van der Waals surface area contributed by atoms with Crippen molar-refractivity contribution in [2.75, 3.05) is 6.61 Å². The summed E-state index contributed by atoms with van der Waals surface area (Å²) in [6.07, 6.45) is 3.21. The molecule has 4 rings (SSSR count). The van der Waals surface area contributed by atoms with Crippen LogP contribution in [0.2, 0.25) is 0 Å². The van der Waals surface area contributed by atoms with E-state index in [-0.39, 0.29) is 18.4 Å². The normalized spacial score (nSPS) is 18.0. The third-order valence-electron chi connectivity index (χ3n) is 7.59. The molecule has 7 nitrogen and oxygen atoms in total. The highest BCUT2D eigenvalue weighted by Gasteiger charge is 2.43. The number of carboxylic acid groups (broad SMARTS) is 1. The Kier molecular flexibility index (Phi) is 7.43. The average Bonchev–Trinajstić information content (AvgIpc) is 3.19. The van der Waals surface area contributed by atoms with Crippen molar-refractivity contribution in [1.82, 2.24) is 10.6 Å². The summed E-state index contributed by atoms with van der Waals surface area (Å²) in [5, 5.41) is 15.3. The van der Waals surface area contributed by atoms with Gasteiger partial charge < -0.3 is 20.5 Å². The molecule has 3 N–H and O–H groups in total. The van der Waals surface area contributed by atoms with Gasteiger partial charge in [-0.05, 0) is 41.0 Å². The predicted molar refractivity (Wildman–Crippen MR) is 133 cm³/mol. The van der Waals surface area contributed by atoms with Crippen LogP contribution in [0.15, 0.2) is 48.5 Å². The van der Waals surface area contributed by atoms with Gasteiger partial charge in [0.05, 0.1) is 0 Å². The molecule has 186 valence electrons. The van der Waals surface area contributed by atoms with Crippen LogP contribution in [0.25, 0.3) is 11.1 Å². The van der Waals surface area contributed by atoms with E-state index in [4.69, 9.17) is 4.74 Å². The van der Waals surface area contributed by atoms with E-state index < -0.39 is 29.6 Å². The molecule has 0 aliphatic heterocycles. The van der Waals surface area contributed by atoms with E-state index in [0.29, 0.717) is 19.3 Å². The number of hydrogen-bond acceptors (Lipinski definition) is 4. The Labute approximate surface area is 206 Å². The first-order chi connectivity index (χ1) is 16.9. The number of nitrogens with one attached hydrogen (secondary N) is 2. The fourth-order valence-corrected chi connectivity index (χ4v) is 5.33. The summed E-state index contributed by atoms with van der Waals surface area (Å²) in [5.74, 6) is -1.77. The minimum Gasteiger partial charge on any atom is -0.480 e. The Morgan fingerprint density at radius 3 is 2.11 bits per heavy atom. The van der Waals surface area contributed by atoms with E-state index >= 15 is 0 Å². The second-order valence-corrected chi connectivity index (χ2v) is 9.77. The highest BCUT2D eigenvalue weighted by Crippen LogP contribution is 2.44. The molecule has 2 aliphatic carbocycles. The summed E-state index contributed by atoms with van der Waals surface area (Å²) in [6.45, 7) is 3.94. The molecule has 0 saturated heterocycles. The van der Waals surface area contributed by atoms with Gasteiger partial charge in [-0.1, -0.05) is 88.1 Å². The maximum atomic E-state index is 13.2. The summed E-state index contributed by atoms with van der Waals surface area (Å²) in [6, 6.07) is 15.3. The van der Waals surface area contributed by atoms with Gasteiger partial charge in [0, 0.05) is 5.92 Å². The van der Waals surface area contributed by atoms with E-state index in [0.717, 1.165) is 41.5 Å². The highest BCUT2D eigenvalue weighted by molar-refractivity contribution is 5.91. The van der Waals surface area contributed by atoms with Gasteiger partial charge in [0.15, 0.2) is 0 Å². The lowest BCUT2D eigenvalue weighted by atomic mass is 9.81. The fraction of sp³-hybridized carbons (Fsp3) is 0.464. The maximum Gasteiger partial charge on any atom is 0.407 e. The number of carbonyl (C=O) groups excluding carboxylic acids is 2. The van der Waals surface area contributed by atoms with Crippen molar-refractivity contribution in [2.24, 2.45) is 5.92 Å². The van der Waals surface area contributed by atoms with Crippen molar-refractivity contribution in [1.29, 1.82) is 0 Å². The Morgan fingerprint density at radius 1 is 1.00 bits per heavy atom. The number of hydrogen-bond donors (Lipinski definition) is 3. The predicted octanol–water partition coefficient (Wildman–Crippen LogP) is 4.84. The summed E-state index contributed by atoms with van der Waals surface area (Å²) >= 11 is 0. The van der Waals surface area contributed by atoms with Crippen LogP contribution in [-0.4, -0.2) is 41.3 Å². The molecule has 2 amide bonds. The van der Waals surface area contributed by atoms with Crippen LogP contribution in [0, 0.1) is 5.92 Å². The van der Waals surface area contributed by atoms with Crippen LogP contribution in [0.1, 0.15) is 69.4 Å². The Morgan fingerprint density at radius 2 is 1.57 bits per heavy atom. The van der Waals surface area contributed by atoms with Gasteiger partial charge in [-0.3, -0.25) is 4.79 Å². The Bertz CT molecular complexity index is 1050. The molecule has 0 bridgehead atoms. The first kappa shape index (κ1) is 24.8. The van der Waals surface area contributed by atoms with E-state index in [9.17, 15) is 19.5 Å². The van der Waals surface area contributed by atoms with Crippen LogP contribution in [0.3, 0.4) is 0 Å². The van der Waals surface area contributed by atoms with Gasteiger partial charge in [0.25, 0.3) is 0 Å². The van der Waals surface area contributed by atoms with E-state index in [1.165, 1.54) is 0 Å². The minimum absolute atomic E-state index is 0.0819. The van der Waals surface area contributed by atoms with Crippen molar-refractivity contribution in [3.05, 3.63) is 59.7 Å². The molecule has 0 spiro atoms. The van der Waals surface area contributed by atoms with Crippen LogP contribution in [0.5, 0.6) is 0 Å². The van der Waals surface area contributed by atoms with Crippen molar-refractivity contribution in [3.63, 3.8) is 0 Å². The Hall–Kier alpha value is -3.35. The van der Waals surface area contributed by atoms with Crippen molar-refractivity contribution in [3.8, 4) is 11.1 Å². The molecule has 1 saturated carbocycles. The molecule has 1 fully saturated rings. The molecule has 0 radical (unpaired) electrons. The summed E-state index contributed by atoms with van der Waals surface area (Å²) in [5.41, 5.74) is 3.22. The number of rotatable bonds is 8. The number of carbonyl (C=O) groups is 3. The number of aliphatic carboxylic acids is 1. The number of ether oxygens (including phenoxy) is 1. The van der Waals surface area contributed by atoms with Gasteiger partial charge in [-0.15, -0.1) is 0 Å². The maximum absolute atomic E-state index is 13.2. The van der Waals surface area contributed by atoms with E-state index in [1.54, 1.807) is 0 Å². The smallest absolute Gasteiger partial charge is 0.407 e. The van der Waals surface area contributed by atoms with Crippen molar-refractivity contribution < 1.29 is 24.2 Å². The minimum atomic E-state index is -1.27. The zero-order valence-corrected chi connectivity index (χ0v) is 20.4. The first-order valence-electron chi connectivity index (χ1n) is 12.5. The second-order valence-electron chi connectivity index (χ2n) is 9.77. The lowest BCUT2D eigenvalue weighted by Gasteiger charge is -2.36. The molecule has 0 aromatic heterocycles. The molecular weight excluding hydrogens is 444 g/mol. The molecule has 2 aromatic rings. The van der Waals surface area contributed by atoms with E-state index in [2.05, 4.69) is 22.8 Å². The van der Waals surface area contributed by atoms with E-state index in [1.807, 2.05) is 50.2 Å². The lowest BCUT2D eigenvalue weighted by molar-refractivity contribution is -0.149. The summed E-state index contributed by atoms with van der Waals surface area (Å²) in [7, 11) is 0. The van der Waals surface area contributed by atoms with Gasteiger partial charge in [-0.2, -0.15) is 0 Å².